The average molecular weight is 365 g/mol. The number of hydrogen-bond donors (Lipinski definition) is 0. The van der Waals surface area contributed by atoms with Gasteiger partial charge in [-0.2, -0.15) is 0 Å². The normalized spacial score (nSPS) is 20.7. The maximum absolute atomic E-state index is 13.3. The Balaban J connectivity index is 2.00. The molecular formula is C20H15NO6. The van der Waals surface area contributed by atoms with Gasteiger partial charge in [0.25, 0.3) is 11.8 Å². The average Bonchev–Trinajstić information content (AvgIpc) is 3.09. The highest BCUT2D eigenvalue weighted by Crippen LogP contribution is 2.45. The Hall–Kier alpha value is -3.61. The van der Waals surface area contributed by atoms with Gasteiger partial charge in [0.15, 0.2) is 11.5 Å². The number of esters is 1. The van der Waals surface area contributed by atoms with Gasteiger partial charge in [-0.3, -0.25) is 9.59 Å². The summed E-state index contributed by atoms with van der Waals surface area (Å²) in [5.74, 6) is -1.22. The Morgan fingerprint density at radius 1 is 0.963 bits per heavy atom. The number of para-hydroxylation sites is 1. The van der Waals surface area contributed by atoms with Crippen molar-refractivity contribution in [1.29, 1.82) is 0 Å². The first-order valence-corrected chi connectivity index (χ1v) is 8.14. The second kappa shape index (κ2) is 5.98. The maximum atomic E-state index is 13.3. The fourth-order valence-corrected chi connectivity index (χ4v) is 3.34. The summed E-state index contributed by atoms with van der Waals surface area (Å²) in [6.07, 6.45) is 2.54. The van der Waals surface area contributed by atoms with Crippen LogP contribution in [0.25, 0.3) is 0 Å². The van der Waals surface area contributed by atoms with Crippen LogP contribution in [0.5, 0.6) is 11.5 Å². The van der Waals surface area contributed by atoms with Crippen molar-refractivity contribution in [1.82, 2.24) is 0 Å². The minimum atomic E-state index is -1.73. The van der Waals surface area contributed by atoms with E-state index in [9.17, 15) is 14.4 Å². The number of fused-ring (bicyclic) bond motifs is 2. The van der Waals surface area contributed by atoms with Gasteiger partial charge in [-0.1, -0.05) is 18.2 Å². The molecule has 1 atom stereocenters. The number of methoxy groups -OCH3 is 2. The van der Waals surface area contributed by atoms with Gasteiger partial charge in [0.2, 0.25) is 5.60 Å². The zero-order valence-corrected chi connectivity index (χ0v) is 14.6. The standard InChI is InChI=1S/C20H15NO6/c1-25-15-10-13-14(11-16(15)26-2)20(9-8-17(22)27-20)19(24)21(18(13)23)12-6-4-3-5-7-12/h3-11H,1-2H3. The fraction of sp³-hybridized carbons (Fsp3) is 0.150. The quantitative estimate of drug-likeness (QED) is 0.613. The van der Waals surface area contributed by atoms with E-state index in [0.29, 0.717) is 17.2 Å². The van der Waals surface area contributed by atoms with Gasteiger partial charge in [-0.15, -0.1) is 0 Å². The highest BCUT2D eigenvalue weighted by atomic mass is 16.6. The number of rotatable bonds is 3. The molecule has 0 aliphatic carbocycles. The van der Waals surface area contributed by atoms with Gasteiger partial charge < -0.3 is 14.2 Å². The first-order chi connectivity index (χ1) is 13.0. The van der Waals surface area contributed by atoms with E-state index in [4.69, 9.17) is 14.2 Å². The summed E-state index contributed by atoms with van der Waals surface area (Å²) in [5.41, 5.74) is -0.918. The third kappa shape index (κ3) is 2.32. The van der Waals surface area contributed by atoms with Gasteiger partial charge >= 0.3 is 5.97 Å². The lowest BCUT2D eigenvalue weighted by Crippen LogP contribution is -2.54. The van der Waals surface area contributed by atoms with Crippen molar-refractivity contribution in [2.24, 2.45) is 0 Å². The molecule has 0 bridgehead atoms. The monoisotopic (exact) mass is 365 g/mol. The summed E-state index contributed by atoms with van der Waals surface area (Å²) in [6, 6.07) is 11.4. The van der Waals surface area contributed by atoms with Gasteiger partial charge in [0.05, 0.1) is 25.5 Å². The van der Waals surface area contributed by atoms with Crippen LogP contribution < -0.4 is 14.4 Å². The summed E-state index contributed by atoms with van der Waals surface area (Å²) >= 11 is 0. The van der Waals surface area contributed by atoms with E-state index < -0.39 is 23.4 Å². The van der Waals surface area contributed by atoms with Crippen molar-refractivity contribution in [2.75, 3.05) is 19.1 Å². The van der Waals surface area contributed by atoms with Crippen LogP contribution in [0.4, 0.5) is 5.69 Å². The molecule has 7 nitrogen and oxygen atoms in total. The first-order valence-electron chi connectivity index (χ1n) is 8.14. The van der Waals surface area contributed by atoms with Crippen molar-refractivity contribution in [3.05, 3.63) is 65.7 Å². The molecule has 2 aromatic carbocycles. The van der Waals surface area contributed by atoms with Crippen molar-refractivity contribution < 1.29 is 28.6 Å². The minimum absolute atomic E-state index is 0.190. The molecule has 2 aromatic rings. The van der Waals surface area contributed by atoms with E-state index in [1.54, 1.807) is 30.3 Å². The fourth-order valence-electron chi connectivity index (χ4n) is 3.34. The molecule has 0 radical (unpaired) electrons. The van der Waals surface area contributed by atoms with Gasteiger partial charge in [-0.25, -0.2) is 9.69 Å². The molecule has 1 unspecified atom stereocenters. The van der Waals surface area contributed by atoms with Crippen LogP contribution in [0.3, 0.4) is 0 Å². The second-order valence-corrected chi connectivity index (χ2v) is 6.02. The SMILES string of the molecule is COc1cc2c(cc1OC)C1(C=CC(=O)O1)C(=O)N(c1ccccc1)C2=O. The van der Waals surface area contributed by atoms with Crippen LogP contribution in [0, 0.1) is 0 Å². The number of hydrogen-bond acceptors (Lipinski definition) is 6. The van der Waals surface area contributed by atoms with Crippen molar-refractivity contribution in [3.8, 4) is 11.5 Å². The number of amides is 2. The Morgan fingerprint density at radius 2 is 1.63 bits per heavy atom. The van der Waals surface area contributed by atoms with Gasteiger partial charge in [0.1, 0.15) is 0 Å². The van der Waals surface area contributed by atoms with Crippen LogP contribution in [-0.2, 0) is 19.9 Å². The number of carbonyl (C=O) groups excluding carboxylic acids is 3. The predicted octanol–water partition coefficient (Wildman–Crippen LogP) is 2.20. The number of nitrogens with zero attached hydrogens (tertiary/aromatic N) is 1. The third-order valence-corrected chi connectivity index (χ3v) is 4.61. The summed E-state index contributed by atoms with van der Waals surface area (Å²) < 4.78 is 16.0. The molecule has 0 saturated heterocycles. The number of anilines is 1. The molecule has 2 heterocycles. The van der Waals surface area contributed by atoms with Crippen LogP contribution in [0.2, 0.25) is 0 Å². The Morgan fingerprint density at radius 3 is 2.22 bits per heavy atom. The van der Waals surface area contributed by atoms with Gasteiger partial charge in [0, 0.05) is 11.6 Å². The molecule has 0 fully saturated rings. The largest absolute Gasteiger partial charge is 0.493 e. The van der Waals surface area contributed by atoms with Crippen LogP contribution >= 0.6 is 0 Å². The zero-order chi connectivity index (χ0) is 19.2. The topological polar surface area (TPSA) is 82.1 Å². The molecular weight excluding hydrogens is 350 g/mol. The number of ether oxygens (including phenoxy) is 3. The van der Waals surface area contributed by atoms with Crippen LogP contribution in [0.15, 0.2) is 54.6 Å². The highest BCUT2D eigenvalue weighted by Gasteiger charge is 2.55. The van der Waals surface area contributed by atoms with Crippen molar-refractivity contribution in [3.63, 3.8) is 0 Å². The van der Waals surface area contributed by atoms with Crippen LogP contribution in [-0.4, -0.2) is 32.0 Å². The molecule has 1 spiro atoms. The van der Waals surface area contributed by atoms with E-state index in [2.05, 4.69) is 0 Å². The zero-order valence-electron chi connectivity index (χ0n) is 14.6. The van der Waals surface area contributed by atoms with E-state index in [1.807, 2.05) is 0 Å². The van der Waals surface area contributed by atoms with Gasteiger partial charge in [-0.05, 0) is 30.3 Å². The smallest absolute Gasteiger partial charge is 0.332 e. The van der Waals surface area contributed by atoms with Crippen LogP contribution in [0.1, 0.15) is 15.9 Å². The lowest BCUT2D eigenvalue weighted by molar-refractivity contribution is -0.155. The molecule has 27 heavy (non-hydrogen) atoms. The highest BCUT2D eigenvalue weighted by molar-refractivity contribution is 6.28. The molecule has 2 aliphatic rings. The maximum Gasteiger partial charge on any atom is 0.332 e. The number of imide groups is 1. The molecule has 0 N–H and O–H groups in total. The molecule has 2 amide bonds. The first kappa shape index (κ1) is 16.8. The lowest BCUT2D eigenvalue weighted by atomic mass is 9.83. The number of carbonyl (C=O) groups is 3. The summed E-state index contributed by atoms with van der Waals surface area (Å²) in [4.78, 5) is 39.4. The minimum Gasteiger partial charge on any atom is -0.493 e. The number of benzene rings is 2. The van der Waals surface area contributed by atoms with Crippen molar-refractivity contribution in [2.45, 2.75) is 5.60 Å². The summed E-state index contributed by atoms with van der Waals surface area (Å²) in [7, 11) is 2.89. The molecule has 0 aromatic heterocycles. The summed E-state index contributed by atoms with van der Waals surface area (Å²) in [6.45, 7) is 0. The van der Waals surface area contributed by atoms with E-state index in [0.717, 1.165) is 4.90 Å². The molecule has 7 heteroatoms. The van der Waals surface area contributed by atoms with Crippen molar-refractivity contribution >= 4 is 23.5 Å². The second-order valence-electron chi connectivity index (χ2n) is 6.02. The Bertz CT molecular complexity index is 997. The van der Waals surface area contributed by atoms with E-state index in [-0.39, 0.29) is 11.1 Å². The predicted molar refractivity (Wildman–Crippen MR) is 94.7 cm³/mol. The Labute approximate surface area is 154 Å². The lowest BCUT2D eigenvalue weighted by Gasteiger charge is -2.37. The Kier molecular flexibility index (Phi) is 3.73. The van der Waals surface area contributed by atoms with E-state index in [1.165, 1.54) is 38.5 Å². The molecule has 2 aliphatic heterocycles. The van der Waals surface area contributed by atoms with E-state index >= 15 is 0 Å². The molecule has 4 rings (SSSR count). The molecule has 136 valence electrons. The molecule has 0 saturated carbocycles. The third-order valence-electron chi connectivity index (χ3n) is 4.61. The summed E-state index contributed by atoms with van der Waals surface area (Å²) in [5, 5.41) is 0.